The zero-order chi connectivity index (χ0) is 23.9. The first-order valence-electron chi connectivity index (χ1n) is 11.4. The van der Waals surface area contributed by atoms with E-state index >= 15 is 0 Å². The summed E-state index contributed by atoms with van der Waals surface area (Å²) in [5.74, 6) is 0.221. The van der Waals surface area contributed by atoms with E-state index in [1.807, 2.05) is 31.2 Å². The molecule has 2 aromatic heterocycles. The van der Waals surface area contributed by atoms with Gasteiger partial charge in [-0.1, -0.05) is 30.3 Å². The van der Waals surface area contributed by atoms with Gasteiger partial charge in [0.2, 0.25) is 11.8 Å². The molecule has 8 nitrogen and oxygen atoms in total. The molecule has 34 heavy (non-hydrogen) atoms. The van der Waals surface area contributed by atoms with Gasteiger partial charge in [-0.05, 0) is 43.2 Å². The molecule has 1 fully saturated rings. The molecule has 0 spiro atoms. The van der Waals surface area contributed by atoms with Crippen LogP contribution in [0.15, 0.2) is 67.0 Å². The van der Waals surface area contributed by atoms with E-state index in [4.69, 9.17) is 4.74 Å². The highest BCUT2D eigenvalue weighted by molar-refractivity contribution is 5.99. The first kappa shape index (κ1) is 23.4. The summed E-state index contributed by atoms with van der Waals surface area (Å²) < 4.78 is 5.88. The lowest BCUT2D eigenvalue weighted by Gasteiger charge is -2.40. The molecule has 176 valence electrons. The smallest absolute Gasteiger partial charge is 0.260 e. The minimum Gasteiger partial charge on any atom is -0.437 e. The van der Waals surface area contributed by atoms with Gasteiger partial charge in [0, 0.05) is 45.1 Å². The SMILES string of the molecule is CNC(=O)C1CN(CCc2ccccc2)CCN1C(=O)c1cccnc1Oc1ccc(C)nc1. The van der Waals surface area contributed by atoms with Gasteiger partial charge in [0.15, 0.2) is 0 Å². The number of likely N-dealkylation sites (N-methyl/N-ethyl adjacent to an activating group) is 1. The first-order chi connectivity index (χ1) is 16.5. The van der Waals surface area contributed by atoms with Crippen LogP contribution in [-0.4, -0.2) is 70.9 Å². The second kappa shape index (κ2) is 10.9. The van der Waals surface area contributed by atoms with Crippen molar-refractivity contribution in [3.05, 3.63) is 83.8 Å². The number of hydrogen-bond acceptors (Lipinski definition) is 6. The third-order valence-corrected chi connectivity index (χ3v) is 5.93. The highest BCUT2D eigenvalue weighted by Gasteiger charge is 2.36. The van der Waals surface area contributed by atoms with Gasteiger partial charge in [-0.3, -0.25) is 19.5 Å². The average molecular weight is 460 g/mol. The maximum absolute atomic E-state index is 13.6. The van der Waals surface area contributed by atoms with Crippen LogP contribution in [0.1, 0.15) is 21.6 Å². The number of amides is 2. The number of aromatic nitrogens is 2. The van der Waals surface area contributed by atoms with Crippen molar-refractivity contribution in [2.24, 2.45) is 0 Å². The molecule has 1 aliphatic rings. The van der Waals surface area contributed by atoms with Crippen LogP contribution in [0.3, 0.4) is 0 Å². The zero-order valence-electron chi connectivity index (χ0n) is 19.5. The number of rotatable bonds is 7. The second-order valence-electron chi connectivity index (χ2n) is 8.26. The summed E-state index contributed by atoms with van der Waals surface area (Å²) >= 11 is 0. The normalized spacial score (nSPS) is 16.2. The van der Waals surface area contributed by atoms with Gasteiger partial charge in [0.05, 0.1) is 6.20 Å². The Balaban J connectivity index is 1.49. The molecule has 2 amide bonds. The van der Waals surface area contributed by atoms with Gasteiger partial charge in [0.25, 0.3) is 5.91 Å². The Bertz CT molecular complexity index is 1120. The molecule has 1 atom stereocenters. The zero-order valence-corrected chi connectivity index (χ0v) is 19.5. The Labute approximate surface area is 199 Å². The Morgan fingerprint density at radius 3 is 2.62 bits per heavy atom. The summed E-state index contributed by atoms with van der Waals surface area (Å²) in [7, 11) is 1.59. The predicted octanol–water partition coefficient (Wildman–Crippen LogP) is 2.69. The van der Waals surface area contributed by atoms with E-state index in [0.717, 1.165) is 18.7 Å². The highest BCUT2D eigenvalue weighted by atomic mass is 16.5. The van der Waals surface area contributed by atoms with E-state index in [0.29, 0.717) is 30.9 Å². The van der Waals surface area contributed by atoms with Crippen LogP contribution in [0.25, 0.3) is 0 Å². The molecule has 3 heterocycles. The summed E-state index contributed by atoms with van der Waals surface area (Å²) in [6.07, 6.45) is 4.06. The fraction of sp³-hybridized carbons (Fsp3) is 0.308. The number of nitrogens with zero attached hydrogens (tertiary/aromatic N) is 4. The van der Waals surface area contributed by atoms with Crippen LogP contribution >= 0.6 is 0 Å². The van der Waals surface area contributed by atoms with Crippen LogP contribution in [0.5, 0.6) is 11.6 Å². The molecule has 3 aromatic rings. The summed E-state index contributed by atoms with van der Waals surface area (Å²) in [6, 6.07) is 16.6. The molecular weight excluding hydrogens is 430 g/mol. The monoisotopic (exact) mass is 459 g/mol. The Morgan fingerprint density at radius 1 is 1.06 bits per heavy atom. The van der Waals surface area contributed by atoms with E-state index < -0.39 is 6.04 Å². The van der Waals surface area contributed by atoms with Crippen molar-refractivity contribution in [2.75, 3.05) is 33.2 Å². The maximum atomic E-state index is 13.6. The molecule has 8 heteroatoms. The summed E-state index contributed by atoms with van der Waals surface area (Å²) in [4.78, 5) is 38.7. The fourth-order valence-corrected chi connectivity index (χ4v) is 4.02. The van der Waals surface area contributed by atoms with Crippen LogP contribution < -0.4 is 10.1 Å². The summed E-state index contributed by atoms with van der Waals surface area (Å²) in [6.45, 7) is 4.30. The highest BCUT2D eigenvalue weighted by Crippen LogP contribution is 2.25. The van der Waals surface area contributed by atoms with Gasteiger partial charge in [-0.25, -0.2) is 4.98 Å². The number of piperazine rings is 1. The van der Waals surface area contributed by atoms with Crippen molar-refractivity contribution in [1.82, 2.24) is 25.1 Å². The van der Waals surface area contributed by atoms with Crippen molar-refractivity contribution >= 4 is 11.8 Å². The lowest BCUT2D eigenvalue weighted by molar-refractivity contribution is -0.127. The van der Waals surface area contributed by atoms with Crippen LogP contribution in [0.4, 0.5) is 0 Å². The molecule has 1 aromatic carbocycles. The van der Waals surface area contributed by atoms with Gasteiger partial charge in [-0.2, -0.15) is 0 Å². The molecule has 1 saturated heterocycles. The number of hydrogen-bond donors (Lipinski definition) is 1. The number of aryl methyl sites for hydroxylation is 1. The minimum atomic E-state index is -0.601. The van der Waals surface area contributed by atoms with Crippen molar-refractivity contribution in [1.29, 1.82) is 0 Å². The number of nitrogens with one attached hydrogen (secondary N) is 1. The van der Waals surface area contributed by atoms with Crippen LogP contribution in [0, 0.1) is 6.92 Å². The van der Waals surface area contributed by atoms with Gasteiger partial charge in [-0.15, -0.1) is 0 Å². The van der Waals surface area contributed by atoms with Gasteiger partial charge < -0.3 is 15.0 Å². The summed E-state index contributed by atoms with van der Waals surface area (Å²) in [5.41, 5.74) is 2.43. The van der Waals surface area contributed by atoms with Crippen molar-refractivity contribution in [2.45, 2.75) is 19.4 Å². The Kier molecular flexibility index (Phi) is 7.49. The number of benzene rings is 1. The Morgan fingerprint density at radius 2 is 1.88 bits per heavy atom. The molecule has 1 N–H and O–H groups in total. The minimum absolute atomic E-state index is 0.188. The average Bonchev–Trinajstić information content (AvgIpc) is 2.88. The lowest BCUT2D eigenvalue weighted by Crippen LogP contribution is -2.60. The molecule has 0 aliphatic carbocycles. The number of carbonyl (C=O) groups excluding carboxylic acids is 2. The molecule has 1 aliphatic heterocycles. The van der Waals surface area contributed by atoms with Crippen molar-refractivity contribution in [3.8, 4) is 11.6 Å². The molecule has 0 bridgehead atoms. The molecule has 0 radical (unpaired) electrons. The fourth-order valence-electron chi connectivity index (χ4n) is 4.02. The molecular formula is C26H29N5O3. The number of pyridine rings is 2. The second-order valence-corrected chi connectivity index (χ2v) is 8.26. The summed E-state index contributed by atoms with van der Waals surface area (Å²) in [5, 5.41) is 2.71. The van der Waals surface area contributed by atoms with E-state index in [1.165, 1.54) is 5.56 Å². The topological polar surface area (TPSA) is 87.7 Å². The third kappa shape index (κ3) is 5.58. The van der Waals surface area contributed by atoms with E-state index in [1.54, 1.807) is 42.5 Å². The lowest BCUT2D eigenvalue weighted by atomic mass is 10.1. The van der Waals surface area contributed by atoms with E-state index in [2.05, 4.69) is 32.3 Å². The van der Waals surface area contributed by atoms with Crippen molar-refractivity contribution in [3.63, 3.8) is 0 Å². The Hall–Kier alpha value is -3.78. The largest absolute Gasteiger partial charge is 0.437 e. The first-order valence-corrected chi connectivity index (χ1v) is 11.4. The standard InChI is InChI=1S/C26H29N5O3/c1-19-10-11-21(17-29-19)34-25-22(9-6-13-28-25)26(33)31-16-15-30(18-23(31)24(32)27-2)14-12-20-7-4-3-5-8-20/h3-11,13,17,23H,12,14-16,18H2,1-2H3,(H,27,32). The number of ether oxygens (including phenoxy) is 1. The predicted molar refractivity (Wildman–Crippen MR) is 129 cm³/mol. The molecule has 4 rings (SSSR count). The van der Waals surface area contributed by atoms with Crippen LogP contribution in [-0.2, 0) is 11.2 Å². The van der Waals surface area contributed by atoms with Crippen molar-refractivity contribution < 1.29 is 14.3 Å². The van der Waals surface area contributed by atoms with Gasteiger partial charge in [0.1, 0.15) is 17.4 Å². The third-order valence-electron chi connectivity index (χ3n) is 5.93. The maximum Gasteiger partial charge on any atom is 0.260 e. The quantitative estimate of drug-likeness (QED) is 0.585. The van der Waals surface area contributed by atoms with E-state index in [-0.39, 0.29) is 17.7 Å². The molecule has 1 unspecified atom stereocenters. The molecule has 0 saturated carbocycles. The number of carbonyl (C=O) groups is 2. The van der Waals surface area contributed by atoms with E-state index in [9.17, 15) is 9.59 Å². The van der Waals surface area contributed by atoms with Gasteiger partial charge >= 0.3 is 0 Å². The van der Waals surface area contributed by atoms with Crippen LogP contribution in [0.2, 0.25) is 0 Å².